The molecule has 0 unspecified atom stereocenters. The predicted octanol–water partition coefficient (Wildman–Crippen LogP) is 1.90. The van der Waals surface area contributed by atoms with Crippen LogP contribution in [-0.4, -0.2) is 27.0 Å². The Balaban J connectivity index is 2.63. The van der Waals surface area contributed by atoms with Gasteiger partial charge in [0.05, 0.1) is 7.11 Å². The Morgan fingerprint density at radius 3 is 2.56 bits per heavy atom. The normalized spacial score (nSPS) is 10.2. The molecule has 2 aromatic rings. The van der Waals surface area contributed by atoms with Crippen LogP contribution in [0.15, 0.2) is 18.7 Å². The molecule has 0 aliphatic heterocycles. The van der Waals surface area contributed by atoms with Crippen LogP contribution in [0.3, 0.4) is 0 Å². The van der Waals surface area contributed by atoms with Gasteiger partial charge >= 0.3 is 0 Å². The van der Waals surface area contributed by atoms with Gasteiger partial charge in [-0.25, -0.2) is 19.9 Å². The molecule has 0 saturated carbocycles. The van der Waals surface area contributed by atoms with Gasteiger partial charge in [-0.1, -0.05) is 11.6 Å². The summed E-state index contributed by atoms with van der Waals surface area (Å²) in [4.78, 5) is 16.3. The SMILES string of the molecule is COc1nccnc1-c1ncnc(Cl)c1C. The number of methoxy groups -OCH3 is 1. The van der Waals surface area contributed by atoms with Gasteiger partial charge in [0.15, 0.2) is 5.69 Å². The molecule has 0 bridgehead atoms. The van der Waals surface area contributed by atoms with Crippen LogP contribution in [0.2, 0.25) is 5.15 Å². The molecular weight excluding hydrogens is 228 g/mol. The second kappa shape index (κ2) is 4.40. The van der Waals surface area contributed by atoms with E-state index in [1.54, 1.807) is 12.4 Å². The lowest BCUT2D eigenvalue weighted by molar-refractivity contribution is 0.397. The number of halogens is 1. The Hall–Kier alpha value is -1.75. The van der Waals surface area contributed by atoms with Gasteiger partial charge < -0.3 is 4.74 Å². The number of hydrogen-bond acceptors (Lipinski definition) is 5. The van der Waals surface area contributed by atoms with Crippen LogP contribution in [-0.2, 0) is 0 Å². The molecule has 0 N–H and O–H groups in total. The maximum atomic E-state index is 5.92. The van der Waals surface area contributed by atoms with Gasteiger partial charge in [-0.15, -0.1) is 0 Å². The molecule has 0 radical (unpaired) electrons. The Labute approximate surface area is 97.5 Å². The largest absolute Gasteiger partial charge is 0.479 e. The maximum Gasteiger partial charge on any atom is 0.241 e. The maximum absolute atomic E-state index is 5.92. The van der Waals surface area contributed by atoms with Crippen molar-refractivity contribution in [3.63, 3.8) is 0 Å². The third kappa shape index (κ3) is 1.81. The number of nitrogens with zero attached hydrogens (tertiary/aromatic N) is 4. The van der Waals surface area contributed by atoms with Crippen molar-refractivity contribution >= 4 is 11.6 Å². The number of rotatable bonds is 2. The Kier molecular flexibility index (Phi) is 2.96. The van der Waals surface area contributed by atoms with Crippen LogP contribution in [0.5, 0.6) is 5.88 Å². The minimum atomic E-state index is 0.401. The minimum Gasteiger partial charge on any atom is -0.479 e. The van der Waals surface area contributed by atoms with Gasteiger partial charge in [0.2, 0.25) is 5.88 Å². The van der Waals surface area contributed by atoms with E-state index in [-0.39, 0.29) is 0 Å². The summed E-state index contributed by atoms with van der Waals surface area (Å²) in [5.41, 5.74) is 1.94. The van der Waals surface area contributed by atoms with Crippen LogP contribution in [0.25, 0.3) is 11.4 Å². The van der Waals surface area contributed by atoms with Gasteiger partial charge in [0.1, 0.15) is 17.2 Å². The van der Waals surface area contributed by atoms with Gasteiger partial charge in [-0.3, -0.25) is 0 Å². The molecule has 2 rings (SSSR count). The van der Waals surface area contributed by atoms with E-state index < -0.39 is 0 Å². The summed E-state index contributed by atoms with van der Waals surface area (Å²) in [6.45, 7) is 1.83. The summed E-state index contributed by atoms with van der Waals surface area (Å²) in [5.74, 6) is 0.417. The van der Waals surface area contributed by atoms with Crippen molar-refractivity contribution in [3.05, 3.63) is 29.4 Å². The van der Waals surface area contributed by atoms with E-state index in [9.17, 15) is 0 Å². The number of ether oxygens (including phenoxy) is 1. The van der Waals surface area contributed by atoms with Crippen molar-refractivity contribution < 1.29 is 4.74 Å². The van der Waals surface area contributed by atoms with Crippen LogP contribution in [0.4, 0.5) is 0 Å². The fourth-order valence-corrected chi connectivity index (χ4v) is 1.44. The first-order valence-electron chi connectivity index (χ1n) is 4.56. The summed E-state index contributed by atoms with van der Waals surface area (Å²) >= 11 is 5.92. The topological polar surface area (TPSA) is 60.8 Å². The second-order valence-corrected chi connectivity index (χ2v) is 3.41. The summed E-state index contributed by atoms with van der Waals surface area (Å²) in [7, 11) is 1.53. The van der Waals surface area contributed by atoms with Crippen LogP contribution in [0, 0.1) is 6.92 Å². The van der Waals surface area contributed by atoms with E-state index in [4.69, 9.17) is 16.3 Å². The number of hydrogen-bond donors (Lipinski definition) is 0. The standard InChI is InChI=1S/C10H9ClN4O/c1-6-7(14-5-15-9(6)11)8-10(16-2)13-4-3-12-8/h3-5H,1-2H3. The van der Waals surface area contributed by atoms with E-state index in [0.29, 0.717) is 22.4 Å². The molecule has 6 heteroatoms. The van der Waals surface area contributed by atoms with Gasteiger partial charge in [-0.2, -0.15) is 0 Å². The highest BCUT2D eigenvalue weighted by Crippen LogP contribution is 2.28. The van der Waals surface area contributed by atoms with Crippen molar-refractivity contribution in [2.24, 2.45) is 0 Å². The van der Waals surface area contributed by atoms with Crippen molar-refractivity contribution in [3.8, 4) is 17.3 Å². The summed E-state index contributed by atoms with van der Waals surface area (Å²) < 4.78 is 5.12. The van der Waals surface area contributed by atoms with Crippen molar-refractivity contribution in [2.45, 2.75) is 6.92 Å². The van der Waals surface area contributed by atoms with Crippen molar-refractivity contribution in [2.75, 3.05) is 7.11 Å². The first-order chi connectivity index (χ1) is 7.74. The molecule has 0 aliphatic carbocycles. The van der Waals surface area contributed by atoms with E-state index in [2.05, 4.69) is 19.9 Å². The average molecular weight is 237 g/mol. The molecule has 0 atom stereocenters. The zero-order valence-corrected chi connectivity index (χ0v) is 9.56. The minimum absolute atomic E-state index is 0.401. The molecule has 0 aliphatic rings. The van der Waals surface area contributed by atoms with E-state index in [1.165, 1.54) is 13.4 Å². The molecule has 0 aromatic carbocycles. The molecule has 2 aromatic heterocycles. The average Bonchev–Trinajstić information content (AvgIpc) is 2.33. The van der Waals surface area contributed by atoms with Crippen LogP contribution < -0.4 is 4.74 Å². The Morgan fingerprint density at radius 2 is 1.81 bits per heavy atom. The summed E-state index contributed by atoms with van der Waals surface area (Å²) in [6, 6.07) is 0. The highest BCUT2D eigenvalue weighted by molar-refractivity contribution is 6.30. The van der Waals surface area contributed by atoms with Crippen molar-refractivity contribution in [1.29, 1.82) is 0 Å². The van der Waals surface area contributed by atoms with Crippen LogP contribution in [0.1, 0.15) is 5.56 Å². The molecule has 0 fully saturated rings. The summed E-state index contributed by atoms with van der Waals surface area (Å²) in [5, 5.41) is 0.401. The molecule has 16 heavy (non-hydrogen) atoms. The molecule has 0 saturated heterocycles. The van der Waals surface area contributed by atoms with Gasteiger partial charge in [0.25, 0.3) is 0 Å². The van der Waals surface area contributed by atoms with Gasteiger partial charge in [0, 0.05) is 18.0 Å². The molecule has 0 spiro atoms. The smallest absolute Gasteiger partial charge is 0.241 e. The predicted molar refractivity (Wildman–Crippen MR) is 59.4 cm³/mol. The van der Waals surface area contributed by atoms with Crippen LogP contribution >= 0.6 is 11.6 Å². The first-order valence-corrected chi connectivity index (χ1v) is 4.94. The monoisotopic (exact) mass is 236 g/mol. The third-order valence-electron chi connectivity index (χ3n) is 2.10. The summed E-state index contributed by atoms with van der Waals surface area (Å²) in [6.07, 6.45) is 4.52. The number of aromatic nitrogens is 4. The van der Waals surface area contributed by atoms with E-state index in [1.807, 2.05) is 6.92 Å². The lowest BCUT2D eigenvalue weighted by atomic mass is 10.2. The lowest BCUT2D eigenvalue weighted by Crippen LogP contribution is -1.98. The van der Waals surface area contributed by atoms with E-state index in [0.717, 1.165) is 5.56 Å². The molecule has 82 valence electrons. The van der Waals surface area contributed by atoms with Gasteiger partial charge in [-0.05, 0) is 6.92 Å². The fourth-order valence-electron chi connectivity index (χ4n) is 1.30. The zero-order valence-electron chi connectivity index (χ0n) is 8.81. The highest BCUT2D eigenvalue weighted by Gasteiger charge is 2.14. The highest BCUT2D eigenvalue weighted by atomic mass is 35.5. The van der Waals surface area contributed by atoms with Crippen molar-refractivity contribution in [1.82, 2.24) is 19.9 Å². The molecule has 2 heterocycles. The molecular formula is C10H9ClN4O. The lowest BCUT2D eigenvalue weighted by Gasteiger charge is -2.07. The van der Waals surface area contributed by atoms with E-state index >= 15 is 0 Å². The molecule has 0 amide bonds. The Morgan fingerprint density at radius 1 is 1.06 bits per heavy atom. The fraction of sp³-hybridized carbons (Fsp3) is 0.200. The second-order valence-electron chi connectivity index (χ2n) is 3.05. The first kappa shape index (κ1) is 10.8. The quantitative estimate of drug-likeness (QED) is 0.746. The molecule has 5 nitrogen and oxygen atoms in total. The Bertz CT molecular complexity index is 518. The zero-order chi connectivity index (χ0) is 11.5. The third-order valence-corrected chi connectivity index (χ3v) is 2.49.